The summed E-state index contributed by atoms with van der Waals surface area (Å²) >= 11 is 2.26. The lowest BCUT2D eigenvalue weighted by molar-refractivity contribution is -0.151. The molecule has 0 unspecified atom stereocenters. The van der Waals surface area contributed by atoms with Crippen molar-refractivity contribution < 1.29 is 52.6 Å². The third-order valence-corrected chi connectivity index (χ3v) is 3.81. The molecule has 0 amide bonds. The van der Waals surface area contributed by atoms with Gasteiger partial charge in [-0.2, -0.15) is 0 Å². The molecule has 0 rings (SSSR count). The summed E-state index contributed by atoms with van der Waals surface area (Å²) in [6.45, 7) is 5.71. The first-order valence-electron chi connectivity index (χ1n) is 10.0. The van der Waals surface area contributed by atoms with Crippen LogP contribution in [0.15, 0.2) is 0 Å². The Morgan fingerprint density at radius 3 is 1.26 bits per heavy atom. The molecule has 0 aromatic rings. The highest BCUT2D eigenvalue weighted by Gasteiger charge is 2.14. The highest BCUT2D eigenvalue weighted by molar-refractivity contribution is 14.1. The molecule has 0 aromatic carbocycles. The van der Waals surface area contributed by atoms with Crippen molar-refractivity contribution in [1.82, 2.24) is 0 Å². The van der Waals surface area contributed by atoms with Crippen LogP contribution in [0.25, 0.3) is 0 Å². The average Bonchev–Trinajstić information content (AvgIpc) is 2.76. The number of ketones is 1. The van der Waals surface area contributed by atoms with Crippen molar-refractivity contribution >= 4 is 40.3 Å². The maximum absolute atomic E-state index is 11.3. The molecule has 12 heteroatoms. The van der Waals surface area contributed by atoms with Gasteiger partial charge in [0.15, 0.2) is 0 Å². The van der Waals surface area contributed by atoms with Crippen molar-refractivity contribution in [3.05, 3.63) is 0 Å². The zero-order chi connectivity index (χ0) is 23.0. The molecule has 1 N–H and O–H groups in total. The minimum absolute atomic E-state index is 0.0284. The number of alkyl halides is 1. The summed E-state index contributed by atoms with van der Waals surface area (Å²) in [7, 11) is 0. The molecular formula is C19H33IO11. The second kappa shape index (κ2) is 23.8. The molecule has 0 bridgehead atoms. The Kier molecular flexibility index (Phi) is 23.1. The van der Waals surface area contributed by atoms with Crippen molar-refractivity contribution in [3.63, 3.8) is 0 Å². The molecule has 0 spiro atoms. The number of carboxylic acid groups (broad SMARTS) is 1. The van der Waals surface area contributed by atoms with E-state index in [1.54, 1.807) is 0 Å². The zero-order valence-corrected chi connectivity index (χ0v) is 19.9. The Morgan fingerprint density at radius 2 is 0.903 bits per heavy atom. The summed E-state index contributed by atoms with van der Waals surface area (Å²) in [5.74, 6) is -3.21. The van der Waals surface area contributed by atoms with Gasteiger partial charge in [0.2, 0.25) is 5.78 Å². The maximum Gasteiger partial charge on any atom is 0.372 e. The average molecular weight is 564 g/mol. The van der Waals surface area contributed by atoms with E-state index < -0.39 is 17.7 Å². The van der Waals surface area contributed by atoms with E-state index in [4.69, 9.17) is 38.3 Å². The second-order valence-electron chi connectivity index (χ2n) is 5.81. The lowest BCUT2D eigenvalue weighted by Gasteiger charge is -2.08. The maximum atomic E-state index is 11.3. The predicted molar refractivity (Wildman–Crippen MR) is 117 cm³/mol. The number of halogens is 1. The van der Waals surface area contributed by atoms with Gasteiger partial charge in [0.05, 0.1) is 85.7 Å². The molecule has 31 heavy (non-hydrogen) atoms. The fraction of sp³-hybridized carbons (Fsp3) is 0.842. The van der Waals surface area contributed by atoms with Crippen LogP contribution >= 0.6 is 22.6 Å². The Bertz CT molecular complexity index is 462. The van der Waals surface area contributed by atoms with Crippen LogP contribution in [0, 0.1) is 0 Å². The third-order valence-electron chi connectivity index (χ3n) is 3.37. The lowest BCUT2D eigenvalue weighted by Crippen LogP contribution is -2.17. The first-order chi connectivity index (χ1) is 15.1. The predicted octanol–water partition coefficient (Wildman–Crippen LogP) is 0.498. The molecule has 0 aliphatic heterocycles. The van der Waals surface area contributed by atoms with Crippen molar-refractivity contribution in [2.75, 3.05) is 90.3 Å². The molecule has 0 atom stereocenters. The van der Waals surface area contributed by atoms with Gasteiger partial charge in [0, 0.05) is 10.8 Å². The summed E-state index contributed by atoms with van der Waals surface area (Å²) in [6, 6.07) is 0. The summed E-state index contributed by atoms with van der Waals surface area (Å²) in [5.41, 5.74) is 0. The first-order valence-corrected chi connectivity index (χ1v) is 11.5. The van der Waals surface area contributed by atoms with E-state index in [9.17, 15) is 14.4 Å². The second-order valence-corrected chi connectivity index (χ2v) is 6.89. The normalized spacial score (nSPS) is 10.9. The molecule has 182 valence electrons. The monoisotopic (exact) mass is 564 g/mol. The van der Waals surface area contributed by atoms with Gasteiger partial charge in [0.1, 0.15) is 6.61 Å². The van der Waals surface area contributed by atoms with Crippen LogP contribution in [-0.2, 0) is 47.5 Å². The standard InChI is InChI=1S/C19H33IO11/c20-3-4-25-5-6-26-7-8-27-9-10-28-11-12-29-13-14-30-15-16-31-18(22)2-1-17(21)19(23)24/h1-16H2,(H,23,24). The number of ether oxygens (including phenoxy) is 7. The van der Waals surface area contributed by atoms with E-state index in [0.717, 1.165) is 11.0 Å². The summed E-state index contributed by atoms with van der Waals surface area (Å²) < 4.78 is 37.7. The number of carboxylic acids is 1. The molecule has 0 aromatic heterocycles. The van der Waals surface area contributed by atoms with E-state index in [0.29, 0.717) is 66.1 Å². The van der Waals surface area contributed by atoms with Crippen LogP contribution in [0.3, 0.4) is 0 Å². The van der Waals surface area contributed by atoms with E-state index in [-0.39, 0.29) is 26.1 Å². The molecule has 0 heterocycles. The largest absolute Gasteiger partial charge is 0.476 e. The molecule has 0 radical (unpaired) electrons. The van der Waals surface area contributed by atoms with Crippen molar-refractivity contribution in [2.24, 2.45) is 0 Å². The lowest BCUT2D eigenvalue weighted by atomic mass is 10.2. The fourth-order valence-corrected chi connectivity index (χ4v) is 2.18. The molecule has 0 fully saturated rings. The smallest absolute Gasteiger partial charge is 0.372 e. The van der Waals surface area contributed by atoms with Gasteiger partial charge >= 0.3 is 11.9 Å². The number of aliphatic carboxylic acids is 1. The van der Waals surface area contributed by atoms with E-state index >= 15 is 0 Å². The topological polar surface area (TPSA) is 136 Å². The molecule has 0 saturated heterocycles. The highest BCUT2D eigenvalue weighted by atomic mass is 127. The summed E-state index contributed by atoms with van der Waals surface area (Å²) in [5, 5.41) is 8.39. The van der Waals surface area contributed by atoms with Gasteiger partial charge < -0.3 is 38.3 Å². The number of hydrogen-bond donors (Lipinski definition) is 1. The van der Waals surface area contributed by atoms with Crippen LogP contribution in [-0.4, -0.2) is 113 Å². The Balaban J connectivity index is 3.16. The van der Waals surface area contributed by atoms with Gasteiger partial charge in [-0.3, -0.25) is 9.59 Å². The summed E-state index contributed by atoms with van der Waals surface area (Å²) in [4.78, 5) is 32.4. The van der Waals surface area contributed by atoms with Crippen LogP contribution < -0.4 is 0 Å². The fourth-order valence-electron chi connectivity index (χ4n) is 1.87. The van der Waals surface area contributed by atoms with E-state index in [1.165, 1.54) is 0 Å². The zero-order valence-electron chi connectivity index (χ0n) is 17.7. The van der Waals surface area contributed by atoms with Crippen LogP contribution in [0.1, 0.15) is 12.8 Å². The molecule has 0 aliphatic carbocycles. The van der Waals surface area contributed by atoms with Crippen molar-refractivity contribution in [1.29, 1.82) is 0 Å². The van der Waals surface area contributed by atoms with Crippen molar-refractivity contribution in [2.45, 2.75) is 12.8 Å². The van der Waals surface area contributed by atoms with Crippen molar-refractivity contribution in [3.8, 4) is 0 Å². The Morgan fingerprint density at radius 1 is 0.548 bits per heavy atom. The van der Waals surface area contributed by atoms with Crippen LogP contribution in [0.2, 0.25) is 0 Å². The van der Waals surface area contributed by atoms with E-state index in [2.05, 4.69) is 22.6 Å². The van der Waals surface area contributed by atoms with Gasteiger partial charge in [-0.1, -0.05) is 22.6 Å². The molecule has 0 saturated carbocycles. The highest BCUT2D eigenvalue weighted by Crippen LogP contribution is 1.95. The number of carbonyl (C=O) groups is 3. The van der Waals surface area contributed by atoms with Crippen LogP contribution in [0.5, 0.6) is 0 Å². The van der Waals surface area contributed by atoms with Gasteiger partial charge in [-0.25, -0.2) is 4.79 Å². The third kappa shape index (κ3) is 23.6. The number of Topliss-reactive ketones (excluding diaryl/α,β-unsaturated/α-hetero) is 1. The minimum atomic E-state index is -1.56. The molecule has 0 aliphatic rings. The van der Waals surface area contributed by atoms with E-state index in [1.807, 2.05) is 0 Å². The SMILES string of the molecule is O=C(CCC(=O)C(=O)O)OCCOCCOCCOCCOCCOCCOCCI. The van der Waals surface area contributed by atoms with Gasteiger partial charge in [0.25, 0.3) is 0 Å². The van der Waals surface area contributed by atoms with Gasteiger partial charge in [-0.05, 0) is 0 Å². The number of hydrogen-bond acceptors (Lipinski definition) is 10. The quantitative estimate of drug-likeness (QED) is 0.0577. The van der Waals surface area contributed by atoms with Gasteiger partial charge in [-0.15, -0.1) is 0 Å². The molecular weight excluding hydrogens is 531 g/mol. The number of carbonyl (C=O) groups excluding carboxylic acids is 2. The molecule has 11 nitrogen and oxygen atoms in total. The Hall–Kier alpha value is -0.900. The number of esters is 1. The summed E-state index contributed by atoms with van der Waals surface area (Å²) in [6.07, 6.45) is -0.637. The first kappa shape index (κ1) is 30.1. The van der Waals surface area contributed by atoms with Crippen LogP contribution in [0.4, 0.5) is 0 Å². The minimum Gasteiger partial charge on any atom is -0.476 e. The number of rotatable bonds is 24. The Labute approximate surface area is 196 Å².